The van der Waals surface area contributed by atoms with Gasteiger partial charge in [-0.3, -0.25) is 0 Å². The van der Waals surface area contributed by atoms with Gasteiger partial charge in [0.25, 0.3) is 0 Å². The lowest BCUT2D eigenvalue weighted by Crippen LogP contribution is -2.55. The number of carboxylic acids is 1. The molecule has 0 spiro atoms. The van der Waals surface area contributed by atoms with Gasteiger partial charge in [-0.1, -0.05) is 20.8 Å². The highest BCUT2D eigenvalue weighted by Gasteiger charge is 2.36. The van der Waals surface area contributed by atoms with E-state index in [1.165, 1.54) is 0 Å². The lowest BCUT2D eigenvalue weighted by Gasteiger charge is -2.29. The summed E-state index contributed by atoms with van der Waals surface area (Å²) in [5, 5.41) is 14.3. The normalized spacial score (nSPS) is 24.2. The summed E-state index contributed by atoms with van der Waals surface area (Å²) in [6, 6.07) is -1.48. The number of carbonyl (C=O) groups excluding carboxylic acids is 1. The molecule has 0 bridgehead atoms. The summed E-state index contributed by atoms with van der Waals surface area (Å²) >= 11 is 0. The van der Waals surface area contributed by atoms with Gasteiger partial charge in [0.05, 0.1) is 13.2 Å². The van der Waals surface area contributed by atoms with Crippen LogP contribution in [0.25, 0.3) is 0 Å². The number of ether oxygens (including phenoxy) is 2. The Bertz CT molecular complexity index is 358. The Balaban J connectivity index is 2.52. The molecular weight excluding hydrogens is 264 g/mol. The van der Waals surface area contributed by atoms with Crippen LogP contribution in [0.2, 0.25) is 0 Å². The van der Waals surface area contributed by atoms with Crippen LogP contribution in [0, 0.1) is 5.41 Å². The van der Waals surface area contributed by atoms with Crippen LogP contribution in [-0.2, 0) is 14.3 Å². The number of nitrogens with one attached hydrogen (secondary N) is 2. The van der Waals surface area contributed by atoms with Gasteiger partial charge >= 0.3 is 12.0 Å². The van der Waals surface area contributed by atoms with E-state index in [-0.39, 0.29) is 6.54 Å². The molecule has 7 heteroatoms. The third-order valence-corrected chi connectivity index (χ3v) is 3.46. The molecule has 2 atom stereocenters. The van der Waals surface area contributed by atoms with Crippen molar-refractivity contribution in [3.8, 4) is 0 Å². The van der Waals surface area contributed by atoms with Crippen LogP contribution in [0.4, 0.5) is 4.79 Å². The molecule has 3 N–H and O–H groups in total. The lowest BCUT2D eigenvalue weighted by molar-refractivity contribution is -0.141. The lowest BCUT2D eigenvalue weighted by atomic mass is 9.87. The fourth-order valence-electron chi connectivity index (χ4n) is 2.03. The highest BCUT2D eigenvalue weighted by Crippen LogP contribution is 2.22. The average molecular weight is 288 g/mol. The van der Waals surface area contributed by atoms with Crippen molar-refractivity contribution in [1.82, 2.24) is 10.6 Å². The van der Waals surface area contributed by atoms with Crippen LogP contribution in [0.3, 0.4) is 0 Å². The van der Waals surface area contributed by atoms with E-state index in [2.05, 4.69) is 10.6 Å². The van der Waals surface area contributed by atoms with Crippen molar-refractivity contribution in [2.24, 2.45) is 5.41 Å². The number of hydrogen-bond acceptors (Lipinski definition) is 4. The average Bonchev–Trinajstić information content (AvgIpc) is 2.81. The summed E-state index contributed by atoms with van der Waals surface area (Å²) in [4.78, 5) is 23.0. The first-order valence-corrected chi connectivity index (χ1v) is 6.60. The van der Waals surface area contributed by atoms with Crippen molar-refractivity contribution in [2.75, 3.05) is 26.9 Å². The largest absolute Gasteiger partial charge is 0.480 e. The third-order valence-electron chi connectivity index (χ3n) is 3.46. The van der Waals surface area contributed by atoms with Gasteiger partial charge in [-0.15, -0.1) is 0 Å². The van der Waals surface area contributed by atoms with Crippen LogP contribution in [0.5, 0.6) is 0 Å². The van der Waals surface area contributed by atoms with Crippen molar-refractivity contribution in [3.63, 3.8) is 0 Å². The number of methoxy groups -OCH3 is 1. The number of hydrogen-bond donors (Lipinski definition) is 3. The van der Waals surface area contributed by atoms with Crippen molar-refractivity contribution in [2.45, 2.75) is 38.8 Å². The van der Waals surface area contributed by atoms with E-state index in [9.17, 15) is 9.59 Å². The molecule has 20 heavy (non-hydrogen) atoms. The Hall–Kier alpha value is -1.34. The number of amides is 2. The molecule has 1 aliphatic rings. The number of carbonyl (C=O) groups is 2. The summed E-state index contributed by atoms with van der Waals surface area (Å²) in [7, 11) is 1.57. The maximum absolute atomic E-state index is 11.8. The molecule has 1 unspecified atom stereocenters. The Morgan fingerprint density at radius 2 is 2.10 bits per heavy atom. The zero-order valence-corrected chi connectivity index (χ0v) is 12.5. The van der Waals surface area contributed by atoms with Crippen molar-refractivity contribution in [3.05, 3.63) is 0 Å². The number of aliphatic carboxylic acids is 1. The molecule has 1 heterocycles. The molecular formula is C13H24N2O5. The van der Waals surface area contributed by atoms with E-state index in [4.69, 9.17) is 14.6 Å². The van der Waals surface area contributed by atoms with Crippen molar-refractivity contribution in [1.29, 1.82) is 0 Å². The highest BCUT2D eigenvalue weighted by molar-refractivity contribution is 5.83. The SMILES string of the molecule is COC1(CNC(=O)N[C@@H](C(=O)O)C(C)(C)C)CCOC1. The molecule has 0 saturated carbocycles. The Labute approximate surface area is 119 Å². The first-order chi connectivity index (χ1) is 9.20. The van der Waals surface area contributed by atoms with Gasteiger partial charge in [-0.25, -0.2) is 9.59 Å². The third kappa shape index (κ3) is 4.35. The highest BCUT2D eigenvalue weighted by atomic mass is 16.5. The van der Waals surface area contributed by atoms with Crippen LogP contribution < -0.4 is 10.6 Å². The van der Waals surface area contributed by atoms with E-state index in [0.717, 1.165) is 0 Å². The molecule has 1 aliphatic heterocycles. The van der Waals surface area contributed by atoms with Gasteiger partial charge in [-0.2, -0.15) is 0 Å². The van der Waals surface area contributed by atoms with Gasteiger partial charge in [-0.05, 0) is 5.41 Å². The quantitative estimate of drug-likeness (QED) is 0.688. The predicted octanol–water partition coefficient (Wildman–Crippen LogP) is 0.590. The van der Waals surface area contributed by atoms with Crippen LogP contribution >= 0.6 is 0 Å². The van der Waals surface area contributed by atoms with Crippen molar-refractivity contribution < 1.29 is 24.2 Å². The Morgan fingerprint density at radius 1 is 1.45 bits per heavy atom. The van der Waals surface area contributed by atoms with E-state index >= 15 is 0 Å². The zero-order chi connectivity index (χ0) is 15.4. The fraction of sp³-hybridized carbons (Fsp3) is 0.846. The van der Waals surface area contributed by atoms with Crippen molar-refractivity contribution >= 4 is 12.0 Å². The molecule has 1 saturated heterocycles. The Kier molecular flexibility index (Phi) is 5.35. The maximum atomic E-state index is 11.8. The van der Waals surface area contributed by atoms with Crippen LogP contribution in [-0.4, -0.2) is 55.6 Å². The van der Waals surface area contributed by atoms with Gasteiger partial charge in [0.15, 0.2) is 0 Å². The predicted molar refractivity (Wildman–Crippen MR) is 72.6 cm³/mol. The van der Waals surface area contributed by atoms with Crippen LogP contribution in [0.1, 0.15) is 27.2 Å². The van der Waals surface area contributed by atoms with E-state index in [1.807, 2.05) is 0 Å². The minimum atomic E-state index is -1.06. The molecule has 1 rings (SSSR count). The molecule has 0 aliphatic carbocycles. The molecule has 116 valence electrons. The topological polar surface area (TPSA) is 96.9 Å². The molecule has 0 aromatic heterocycles. The maximum Gasteiger partial charge on any atom is 0.326 e. The first-order valence-electron chi connectivity index (χ1n) is 6.60. The number of rotatable bonds is 5. The minimum Gasteiger partial charge on any atom is -0.480 e. The van der Waals surface area contributed by atoms with E-state index < -0.39 is 29.1 Å². The molecule has 0 aromatic carbocycles. The summed E-state index contributed by atoms with van der Waals surface area (Å²) in [5.41, 5.74) is -1.09. The summed E-state index contributed by atoms with van der Waals surface area (Å²) in [6.45, 7) is 6.57. The monoisotopic (exact) mass is 288 g/mol. The summed E-state index contributed by atoms with van der Waals surface area (Å²) < 4.78 is 10.7. The number of carboxylic acid groups (broad SMARTS) is 1. The van der Waals surface area contributed by atoms with Gasteiger partial charge in [0, 0.05) is 20.1 Å². The standard InChI is InChI=1S/C13H24N2O5/c1-12(2,3)9(10(16)17)15-11(18)14-7-13(19-4)5-6-20-8-13/h9H,5-8H2,1-4H3,(H,16,17)(H2,14,15,18)/t9-,13?/m0/s1. The van der Waals surface area contributed by atoms with E-state index in [1.54, 1.807) is 27.9 Å². The second-order valence-electron chi connectivity index (χ2n) is 6.15. The Morgan fingerprint density at radius 3 is 2.50 bits per heavy atom. The fourth-order valence-corrected chi connectivity index (χ4v) is 2.03. The number of urea groups is 1. The molecule has 0 aromatic rings. The smallest absolute Gasteiger partial charge is 0.326 e. The molecule has 7 nitrogen and oxygen atoms in total. The summed E-state index contributed by atoms with van der Waals surface area (Å²) in [5.74, 6) is -1.06. The molecule has 2 amide bonds. The second kappa shape index (κ2) is 6.41. The minimum absolute atomic E-state index is 0.284. The van der Waals surface area contributed by atoms with E-state index in [0.29, 0.717) is 19.6 Å². The zero-order valence-electron chi connectivity index (χ0n) is 12.5. The second-order valence-corrected chi connectivity index (χ2v) is 6.15. The van der Waals surface area contributed by atoms with Gasteiger partial charge in [0.2, 0.25) is 0 Å². The summed E-state index contributed by atoms with van der Waals surface area (Å²) in [6.07, 6.45) is 0.700. The van der Waals surface area contributed by atoms with Crippen LogP contribution in [0.15, 0.2) is 0 Å². The van der Waals surface area contributed by atoms with Gasteiger partial charge in [0.1, 0.15) is 11.6 Å². The molecule has 1 fully saturated rings. The first kappa shape index (κ1) is 16.7. The molecule has 0 radical (unpaired) electrons. The van der Waals surface area contributed by atoms with Gasteiger partial charge < -0.3 is 25.2 Å².